The summed E-state index contributed by atoms with van der Waals surface area (Å²) in [5.74, 6) is -0.367. The third-order valence-electron chi connectivity index (χ3n) is 3.53. The van der Waals surface area contributed by atoms with E-state index >= 15 is 0 Å². The minimum absolute atomic E-state index is 0.0716. The fraction of sp³-hybridized carbons (Fsp3) is 0.294. The van der Waals surface area contributed by atoms with Gasteiger partial charge >= 0.3 is 0 Å². The van der Waals surface area contributed by atoms with Crippen LogP contribution in [0.4, 0.5) is 14.5 Å². The van der Waals surface area contributed by atoms with E-state index in [0.29, 0.717) is 12.0 Å². The lowest BCUT2D eigenvalue weighted by Gasteiger charge is -2.20. The normalized spacial score (nSPS) is 12.0. The van der Waals surface area contributed by atoms with Crippen LogP contribution in [0, 0.1) is 18.6 Å². The predicted octanol–water partition coefficient (Wildman–Crippen LogP) is 4.85. The number of nitrogens with one attached hydrogen (secondary N) is 1. The maximum absolute atomic E-state index is 14.1. The number of hydrogen-bond donors (Lipinski definition) is 1. The second-order valence-electron chi connectivity index (χ2n) is 4.93. The van der Waals surface area contributed by atoms with E-state index in [4.69, 9.17) is 4.74 Å². The van der Waals surface area contributed by atoms with Gasteiger partial charge in [-0.25, -0.2) is 8.78 Å². The Kier molecular flexibility index (Phi) is 4.78. The van der Waals surface area contributed by atoms with E-state index in [2.05, 4.69) is 5.32 Å². The van der Waals surface area contributed by atoms with Crippen LogP contribution in [0.2, 0.25) is 0 Å². The smallest absolute Gasteiger partial charge is 0.152 e. The second-order valence-corrected chi connectivity index (χ2v) is 4.93. The van der Waals surface area contributed by atoms with E-state index in [1.165, 1.54) is 12.1 Å². The van der Waals surface area contributed by atoms with E-state index in [1.54, 1.807) is 14.0 Å². The molecule has 0 bridgehead atoms. The van der Waals surface area contributed by atoms with Crippen LogP contribution in [0.25, 0.3) is 0 Å². The summed E-state index contributed by atoms with van der Waals surface area (Å²) in [5, 5.41) is 2.97. The Balaban J connectivity index is 2.28. The zero-order chi connectivity index (χ0) is 15.4. The lowest BCUT2D eigenvalue weighted by atomic mass is 10.0. The van der Waals surface area contributed by atoms with Crippen molar-refractivity contribution in [2.45, 2.75) is 26.3 Å². The molecule has 2 rings (SSSR count). The van der Waals surface area contributed by atoms with Gasteiger partial charge in [0.15, 0.2) is 5.82 Å². The largest absolute Gasteiger partial charge is 0.497 e. The van der Waals surface area contributed by atoms with Crippen molar-refractivity contribution < 1.29 is 13.5 Å². The average Bonchev–Trinajstić information content (AvgIpc) is 2.52. The van der Waals surface area contributed by atoms with Crippen LogP contribution in [0.15, 0.2) is 36.4 Å². The first-order valence-electron chi connectivity index (χ1n) is 6.92. The van der Waals surface area contributed by atoms with Crippen LogP contribution in [0.3, 0.4) is 0 Å². The molecule has 1 unspecified atom stereocenters. The zero-order valence-electron chi connectivity index (χ0n) is 12.4. The van der Waals surface area contributed by atoms with Gasteiger partial charge in [0.25, 0.3) is 0 Å². The van der Waals surface area contributed by atoms with Crippen LogP contribution in [0.5, 0.6) is 5.75 Å². The van der Waals surface area contributed by atoms with Gasteiger partial charge in [-0.2, -0.15) is 0 Å². The highest BCUT2D eigenvalue weighted by atomic mass is 19.1. The predicted molar refractivity (Wildman–Crippen MR) is 80.7 cm³/mol. The summed E-state index contributed by atoms with van der Waals surface area (Å²) in [4.78, 5) is 0. The van der Waals surface area contributed by atoms with Gasteiger partial charge in [-0.1, -0.05) is 25.1 Å². The number of rotatable bonds is 5. The number of ether oxygens (including phenoxy) is 1. The maximum atomic E-state index is 14.1. The maximum Gasteiger partial charge on any atom is 0.152 e. The van der Waals surface area contributed by atoms with Crippen molar-refractivity contribution in [3.8, 4) is 5.75 Å². The summed E-state index contributed by atoms with van der Waals surface area (Å²) in [6.45, 7) is 3.59. The first-order chi connectivity index (χ1) is 10.1. The standard InChI is InChI=1S/C17H19F2NO/c1-4-15(12-6-8-13(21-3)9-7-12)20-17-14(18)10-5-11(2)16(17)19/h5-10,15,20H,4H2,1-3H3. The molecule has 21 heavy (non-hydrogen) atoms. The van der Waals surface area contributed by atoms with Crippen LogP contribution < -0.4 is 10.1 Å². The highest BCUT2D eigenvalue weighted by Crippen LogP contribution is 2.29. The van der Waals surface area contributed by atoms with Gasteiger partial charge in [-0.15, -0.1) is 0 Å². The van der Waals surface area contributed by atoms with Crippen molar-refractivity contribution in [2.24, 2.45) is 0 Å². The van der Waals surface area contributed by atoms with E-state index < -0.39 is 11.6 Å². The highest BCUT2D eigenvalue weighted by Gasteiger charge is 2.16. The molecule has 112 valence electrons. The summed E-state index contributed by atoms with van der Waals surface area (Å²) in [5.41, 5.74) is 1.31. The molecule has 0 fully saturated rings. The summed E-state index contributed by atoms with van der Waals surface area (Å²) in [7, 11) is 1.60. The molecule has 0 aliphatic heterocycles. The number of halogens is 2. The van der Waals surface area contributed by atoms with E-state index in [1.807, 2.05) is 31.2 Å². The van der Waals surface area contributed by atoms with E-state index in [9.17, 15) is 8.78 Å². The summed E-state index contributed by atoms with van der Waals surface area (Å²) in [6, 6.07) is 10.0. The average molecular weight is 291 g/mol. The molecule has 2 aromatic carbocycles. The second kappa shape index (κ2) is 6.57. The van der Waals surface area contributed by atoms with Crippen molar-refractivity contribution in [3.05, 3.63) is 59.2 Å². The van der Waals surface area contributed by atoms with Gasteiger partial charge < -0.3 is 10.1 Å². The molecule has 0 aliphatic rings. The van der Waals surface area contributed by atoms with Crippen LogP contribution >= 0.6 is 0 Å². The van der Waals surface area contributed by atoms with Crippen LogP contribution in [0.1, 0.15) is 30.5 Å². The van der Waals surface area contributed by atoms with Crippen molar-refractivity contribution in [1.29, 1.82) is 0 Å². The van der Waals surface area contributed by atoms with Crippen molar-refractivity contribution in [2.75, 3.05) is 12.4 Å². The Labute approximate surface area is 123 Å². The lowest BCUT2D eigenvalue weighted by molar-refractivity contribution is 0.414. The number of methoxy groups -OCH3 is 1. The van der Waals surface area contributed by atoms with E-state index in [0.717, 1.165) is 11.3 Å². The molecule has 0 amide bonds. The van der Waals surface area contributed by atoms with Gasteiger partial charge in [0.05, 0.1) is 13.2 Å². The molecule has 2 nitrogen and oxygen atoms in total. The molecule has 0 spiro atoms. The Morgan fingerprint density at radius 2 is 1.76 bits per heavy atom. The van der Waals surface area contributed by atoms with Gasteiger partial charge in [0, 0.05) is 0 Å². The number of aryl methyl sites for hydroxylation is 1. The first-order valence-corrected chi connectivity index (χ1v) is 6.92. The zero-order valence-corrected chi connectivity index (χ0v) is 12.4. The van der Waals surface area contributed by atoms with Gasteiger partial charge in [-0.3, -0.25) is 0 Å². The lowest BCUT2D eigenvalue weighted by Crippen LogP contribution is -2.12. The van der Waals surface area contributed by atoms with Gasteiger partial charge in [0.1, 0.15) is 17.3 Å². The fourth-order valence-corrected chi connectivity index (χ4v) is 2.22. The minimum Gasteiger partial charge on any atom is -0.497 e. The van der Waals surface area contributed by atoms with Gasteiger partial charge in [0.2, 0.25) is 0 Å². The number of benzene rings is 2. The molecule has 4 heteroatoms. The quantitative estimate of drug-likeness (QED) is 0.850. The Morgan fingerprint density at radius 3 is 2.33 bits per heavy atom. The molecule has 0 aromatic heterocycles. The Bertz CT molecular complexity index is 611. The Hall–Kier alpha value is -2.10. The topological polar surface area (TPSA) is 21.3 Å². The molecule has 0 saturated carbocycles. The number of anilines is 1. The molecule has 0 heterocycles. The molecule has 1 N–H and O–H groups in total. The minimum atomic E-state index is -0.579. The molecular formula is C17H19F2NO. The van der Waals surface area contributed by atoms with Crippen molar-refractivity contribution >= 4 is 5.69 Å². The van der Waals surface area contributed by atoms with Crippen LogP contribution in [-0.4, -0.2) is 7.11 Å². The highest BCUT2D eigenvalue weighted by molar-refractivity contribution is 5.51. The molecular weight excluding hydrogens is 272 g/mol. The van der Waals surface area contributed by atoms with Crippen LogP contribution in [-0.2, 0) is 0 Å². The fourth-order valence-electron chi connectivity index (χ4n) is 2.22. The summed E-state index contributed by atoms with van der Waals surface area (Å²) in [6.07, 6.45) is 0.707. The number of hydrogen-bond acceptors (Lipinski definition) is 2. The third-order valence-corrected chi connectivity index (χ3v) is 3.53. The molecule has 0 saturated heterocycles. The monoisotopic (exact) mass is 291 g/mol. The Morgan fingerprint density at radius 1 is 1.10 bits per heavy atom. The third kappa shape index (κ3) is 3.32. The van der Waals surface area contributed by atoms with Gasteiger partial charge in [-0.05, 0) is 42.7 Å². The summed E-state index contributed by atoms with van der Waals surface area (Å²) < 4.78 is 33.0. The first kappa shape index (κ1) is 15.3. The summed E-state index contributed by atoms with van der Waals surface area (Å²) >= 11 is 0. The SMILES string of the molecule is CCC(Nc1c(F)ccc(C)c1F)c1ccc(OC)cc1. The molecule has 2 aromatic rings. The molecule has 0 radical (unpaired) electrons. The molecule has 1 atom stereocenters. The molecule has 0 aliphatic carbocycles. The van der Waals surface area contributed by atoms with E-state index in [-0.39, 0.29) is 11.7 Å². The van der Waals surface area contributed by atoms with Crippen molar-refractivity contribution in [3.63, 3.8) is 0 Å². The van der Waals surface area contributed by atoms with Crippen molar-refractivity contribution in [1.82, 2.24) is 0 Å².